The highest BCUT2D eigenvalue weighted by molar-refractivity contribution is 5.68. The summed E-state index contributed by atoms with van der Waals surface area (Å²) >= 11 is 0. The fourth-order valence-electron chi connectivity index (χ4n) is 3.34. The molecule has 0 spiro atoms. The van der Waals surface area contributed by atoms with Crippen molar-refractivity contribution in [3.8, 4) is 12.3 Å². The van der Waals surface area contributed by atoms with E-state index in [1.807, 2.05) is 20.8 Å². The van der Waals surface area contributed by atoms with Crippen LogP contribution in [0.15, 0.2) is 0 Å². The van der Waals surface area contributed by atoms with Crippen LogP contribution in [-0.2, 0) is 4.74 Å². The van der Waals surface area contributed by atoms with Gasteiger partial charge in [0.1, 0.15) is 5.60 Å². The topological polar surface area (TPSA) is 78.9 Å². The number of carbonyl (C=O) groups is 2. The number of terminal acetylenes is 1. The fourth-order valence-corrected chi connectivity index (χ4v) is 3.34. The predicted molar refractivity (Wildman–Crippen MR) is 92.7 cm³/mol. The van der Waals surface area contributed by atoms with Gasteiger partial charge in [-0.15, -0.1) is 12.3 Å². The molecule has 1 fully saturated rings. The lowest BCUT2D eigenvalue weighted by Crippen LogP contribution is -2.55. The monoisotopic (exact) mass is 338 g/mol. The average molecular weight is 338 g/mol. The van der Waals surface area contributed by atoms with Gasteiger partial charge in [-0.2, -0.15) is 0 Å². The summed E-state index contributed by atoms with van der Waals surface area (Å²) in [5.74, 6) is 2.64. The molecule has 1 aliphatic rings. The number of carbonyl (C=O) groups excluding carboxylic acids is 1. The lowest BCUT2D eigenvalue weighted by molar-refractivity contribution is 0.0341. The number of rotatable bonds is 3. The molecule has 2 amide bonds. The summed E-state index contributed by atoms with van der Waals surface area (Å²) in [6.07, 6.45) is 5.03. The summed E-state index contributed by atoms with van der Waals surface area (Å²) in [5, 5.41) is 12.4. The first kappa shape index (κ1) is 20.1. The number of hydrogen-bond donors (Lipinski definition) is 2. The molecule has 6 heteroatoms. The van der Waals surface area contributed by atoms with E-state index in [1.54, 1.807) is 20.8 Å². The molecule has 136 valence electrons. The molecule has 1 aliphatic heterocycles. The minimum Gasteiger partial charge on any atom is -0.465 e. The number of likely N-dealkylation sites (tertiary alicyclic amines) is 1. The standard InChI is InChI=1S/C18H30N2O4/c1-8-9-18(16(2,3)4)10-13(12-20(18)15(22)23)11-19-14(21)24-17(5,6)7/h1,13H,9-12H2,2-7H3,(H,19,21)(H,22,23)/t13-,18?/m0/s1. The van der Waals surface area contributed by atoms with Gasteiger partial charge in [0, 0.05) is 19.5 Å². The minimum absolute atomic E-state index is 0.00110. The van der Waals surface area contributed by atoms with Gasteiger partial charge in [0.05, 0.1) is 5.54 Å². The maximum atomic E-state index is 11.8. The van der Waals surface area contributed by atoms with E-state index in [4.69, 9.17) is 11.2 Å². The van der Waals surface area contributed by atoms with Gasteiger partial charge in [0.2, 0.25) is 0 Å². The Morgan fingerprint density at radius 2 is 1.92 bits per heavy atom. The summed E-state index contributed by atoms with van der Waals surface area (Å²) in [5.41, 5.74) is -1.50. The van der Waals surface area contributed by atoms with Crippen LogP contribution < -0.4 is 5.32 Å². The highest BCUT2D eigenvalue weighted by Crippen LogP contribution is 2.47. The lowest BCUT2D eigenvalue weighted by Gasteiger charge is -2.46. The molecular weight excluding hydrogens is 308 g/mol. The zero-order valence-electron chi connectivity index (χ0n) is 15.6. The second-order valence-electron chi connectivity index (χ2n) is 8.51. The molecule has 0 aliphatic carbocycles. The molecule has 24 heavy (non-hydrogen) atoms. The average Bonchev–Trinajstić information content (AvgIpc) is 2.75. The van der Waals surface area contributed by atoms with Crippen LogP contribution in [0.2, 0.25) is 0 Å². The van der Waals surface area contributed by atoms with Gasteiger partial charge in [-0.1, -0.05) is 20.8 Å². The number of carboxylic acid groups (broad SMARTS) is 1. The second-order valence-corrected chi connectivity index (χ2v) is 8.51. The normalized spacial score (nSPS) is 24.4. The Balaban J connectivity index is 2.86. The Morgan fingerprint density at radius 3 is 2.33 bits per heavy atom. The number of amides is 2. The smallest absolute Gasteiger partial charge is 0.407 e. The fraction of sp³-hybridized carbons (Fsp3) is 0.778. The number of nitrogens with zero attached hydrogens (tertiary/aromatic N) is 1. The van der Waals surface area contributed by atoms with Crippen LogP contribution in [0.1, 0.15) is 54.4 Å². The van der Waals surface area contributed by atoms with Crippen LogP contribution in [0, 0.1) is 23.7 Å². The van der Waals surface area contributed by atoms with Crippen molar-refractivity contribution in [2.75, 3.05) is 13.1 Å². The summed E-state index contributed by atoms with van der Waals surface area (Å²) in [6, 6.07) is 0. The zero-order chi connectivity index (χ0) is 18.8. The molecule has 1 unspecified atom stereocenters. The van der Waals surface area contributed by atoms with E-state index in [-0.39, 0.29) is 11.3 Å². The van der Waals surface area contributed by atoms with Gasteiger partial charge in [-0.05, 0) is 38.5 Å². The summed E-state index contributed by atoms with van der Waals surface area (Å²) in [4.78, 5) is 25.0. The van der Waals surface area contributed by atoms with E-state index in [2.05, 4.69) is 11.2 Å². The first-order valence-corrected chi connectivity index (χ1v) is 8.23. The second kappa shape index (κ2) is 6.92. The third-order valence-electron chi connectivity index (χ3n) is 4.54. The molecular formula is C18H30N2O4. The van der Waals surface area contributed by atoms with Crippen molar-refractivity contribution in [2.45, 2.75) is 65.5 Å². The number of hydrogen-bond acceptors (Lipinski definition) is 3. The molecule has 1 heterocycles. The van der Waals surface area contributed by atoms with Gasteiger partial charge in [-0.25, -0.2) is 9.59 Å². The van der Waals surface area contributed by atoms with Crippen molar-refractivity contribution in [3.05, 3.63) is 0 Å². The van der Waals surface area contributed by atoms with Crippen molar-refractivity contribution in [2.24, 2.45) is 11.3 Å². The molecule has 0 bridgehead atoms. The third-order valence-corrected chi connectivity index (χ3v) is 4.54. The predicted octanol–water partition coefficient (Wildman–Crippen LogP) is 3.32. The van der Waals surface area contributed by atoms with E-state index in [0.717, 1.165) is 0 Å². The number of ether oxygens (including phenoxy) is 1. The number of nitrogens with one attached hydrogen (secondary N) is 1. The summed E-state index contributed by atoms with van der Waals surface area (Å²) in [7, 11) is 0. The largest absolute Gasteiger partial charge is 0.465 e. The minimum atomic E-state index is -0.972. The molecule has 6 nitrogen and oxygen atoms in total. The van der Waals surface area contributed by atoms with Gasteiger partial charge in [0.25, 0.3) is 0 Å². The van der Waals surface area contributed by atoms with Gasteiger partial charge in [-0.3, -0.25) is 0 Å². The van der Waals surface area contributed by atoms with Crippen LogP contribution in [0.4, 0.5) is 9.59 Å². The maximum absolute atomic E-state index is 11.8. The molecule has 1 saturated heterocycles. The molecule has 1 rings (SSSR count). The highest BCUT2D eigenvalue weighted by atomic mass is 16.6. The third kappa shape index (κ3) is 4.56. The van der Waals surface area contributed by atoms with Crippen molar-refractivity contribution in [1.82, 2.24) is 10.2 Å². The molecule has 0 aromatic carbocycles. The van der Waals surface area contributed by atoms with Crippen LogP contribution in [0.25, 0.3) is 0 Å². The Hall–Kier alpha value is -1.90. The molecule has 0 radical (unpaired) electrons. The molecule has 2 N–H and O–H groups in total. The van der Waals surface area contributed by atoms with Crippen molar-refractivity contribution < 1.29 is 19.4 Å². The summed E-state index contributed by atoms with van der Waals surface area (Å²) < 4.78 is 5.23. The van der Waals surface area contributed by atoms with E-state index in [0.29, 0.717) is 25.9 Å². The Bertz CT molecular complexity index is 525. The molecule has 2 atom stereocenters. The van der Waals surface area contributed by atoms with E-state index >= 15 is 0 Å². The van der Waals surface area contributed by atoms with E-state index < -0.39 is 23.3 Å². The number of alkyl carbamates (subject to hydrolysis) is 1. The quantitative estimate of drug-likeness (QED) is 0.774. The summed E-state index contributed by atoms with van der Waals surface area (Å²) in [6.45, 7) is 12.1. The van der Waals surface area contributed by atoms with Crippen molar-refractivity contribution in [1.29, 1.82) is 0 Å². The lowest BCUT2D eigenvalue weighted by atomic mass is 9.69. The maximum Gasteiger partial charge on any atom is 0.407 e. The Morgan fingerprint density at radius 1 is 1.33 bits per heavy atom. The molecule has 0 aromatic rings. The van der Waals surface area contributed by atoms with Crippen molar-refractivity contribution in [3.63, 3.8) is 0 Å². The first-order chi connectivity index (χ1) is 10.8. The SMILES string of the molecule is C#CCC1(C(C)(C)C)C[C@@H](CNC(=O)OC(C)(C)C)CN1C(=O)O. The Labute approximate surface area is 144 Å². The van der Waals surface area contributed by atoms with E-state index in [9.17, 15) is 14.7 Å². The molecule has 0 aromatic heterocycles. The zero-order valence-corrected chi connectivity index (χ0v) is 15.6. The van der Waals surface area contributed by atoms with Crippen molar-refractivity contribution >= 4 is 12.2 Å². The van der Waals surface area contributed by atoms with Crippen LogP contribution in [0.5, 0.6) is 0 Å². The van der Waals surface area contributed by atoms with Crippen LogP contribution >= 0.6 is 0 Å². The Kier molecular flexibility index (Phi) is 5.81. The highest BCUT2D eigenvalue weighted by Gasteiger charge is 2.54. The van der Waals surface area contributed by atoms with Gasteiger partial charge >= 0.3 is 12.2 Å². The van der Waals surface area contributed by atoms with Gasteiger partial charge < -0.3 is 20.1 Å². The van der Waals surface area contributed by atoms with Gasteiger partial charge in [0.15, 0.2) is 0 Å². The van der Waals surface area contributed by atoms with Crippen LogP contribution in [-0.4, -0.2) is 46.4 Å². The van der Waals surface area contributed by atoms with E-state index in [1.165, 1.54) is 4.90 Å². The first-order valence-electron chi connectivity index (χ1n) is 8.23. The molecule has 0 saturated carbocycles. The van der Waals surface area contributed by atoms with Crippen LogP contribution in [0.3, 0.4) is 0 Å².